The van der Waals surface area contributed by atoms with E-state index in [1.54, 1.807) is 12.4 Å². The molecule has 2 aromatic heterocycles. The van der Waals surface area contributed by atoms with Gasteiger partial charge in [-0.15, -0.1) is 0 Å². The molecule has 0 atom stereocenters. The molecule has 0 unspecified atom stereocenters. The first kappa shape index (κ1) is 12.1. The van der Waals surface area contributed by atoms with Gasteiger partial charge in [0.15, 0.2) is 0 Å². The SMILES string of the molecule is Nc1[nH]ncc1CNC(=O)CCc1ccccn1. The predicted octanol–water partition coefficient (Wildman–Crippen LogP) is 0.636. The van der Waals surface area contributed by atoms with Gasteiger partial charge in [-0.2, -0.15) is 5.10 Å². The van der Waals surface area contributed by atoms with Crippen LogP contribution in [0.1, 0.15) is 17.7 Å². The van der Waals surface area contributed by atoms with Gasteiger partial charge in [0.05, 0.1) is 6.20 Å². The minimum Gasteiger partial charge on any atom is -0.384 e. The number of carbonyl (C=O) groups excluding carboxylic acids is 1. The maximum absolute atomic E-state index is 11.6. The third-order valence-electron chi connectivity index (χ3n) is 2.56. The van der Waals surface area contributed by atoms with E-state index in [2.05, 4.69) is 20.5 Å². The summed E-state index contributed by atoms with van der Waals surface area (Å²) in [6, 6.07) is 5.67. The highest BCUT2D eigenvalue weighted by molar-refractivity contribution is 5.76. The lowest BCUT2D eigenvalue weighted by Crippen LogP contribution is -2.23. The summed E-state index contributed by atoms with van der Waals surface area (Å²) in [4.78, 5) is 15.8. The van der Waals surface area contributed by atoms with Crippen LogP contribution in [0, 0.1) is 0 Å². The van der Waals surface area contributed by atoms with Gasteiger partial charge < -0.3 is 11.1 Å². The van der Waals surface area contributed by atoms with Crippen molar-refractivity contribution in [1.82, 2.24) is 20.5 Å². The number of nitrogens with one attached hydrogen (secondary N) is 2. The molecule has 4 N–H and O–H groups in total. The number of aryl methyl sites for hydroxylation is 1. The van der Waals surface area contributed by atoms with Crippen LogP contribution in [-0.2, 0) is 17.8 Å². The molecule has 94 valence electrons. The Hall–Kier alpha value is -2.37. The number of carbonyl (C=O) groups is 1. The summed E-state index contributed by atoms with van der Waals surface area (Å²) in [7, 11) is 0. The quantitative estimate of drug-likeness (QED) is 0.720. The van der Waals surface area contributed by atoms with Crippen molar-refractivity contribution in [2.45, 2.75) is 19.4 Å². The lowest BCUT2D eigenvalue weighted by molar-refractivity contribution is -0.121. The Morgan fingerprint density at radius 2 is 2.33 bits per heavy atom. The number of anilines is 1. The Balaban J connectivity index is 1.75. The fourth-order valence-corrected chi connectivity index (χ4v) is 1.53. The molecule has 18 heavy (non-hydrogen) atoms. The summed E-state index contributed by atoms with van der Waals surface area (Å²) in [5.74, 6) is 0.460. The molecule has 0 saturated heterocycles. The number of aromatic amines is 1. The molecule has 0 aromatic carbocycles. The van der Waals surface area contributed by atoms with E-state index in [0.717, 1.165) is 11.3 Å². The molecule has 2 heterocycles. The van der Waals surface area contributed by atoms with Gasteiger partial charge in [-0.3, -0.25) is 14.9 Å². The number of nitrogens with two attached hydrogens (primary N) is 1. The van der Waals surface area contributed by atoms with Crippen molar-refractivity contribution in [2.24, 2.45) is 0 Å². The van der Waals surface area contributed by atoms with Gasteiger partial charge in [0.1, 0.15) is 5.82 Å². The topological polar surface area (TPSA) is 96.7 Å². The highest BCUT2D eigenvalue weighted by atomic mass is 16.1. The predicted molar refractivity (Wildman–Crippen MR) is 67.4 cm³/mol. The molecule has 2 aromatic rings. The van der Waals surface area contributed by atoms with Gasteiger partial charge >= 0.3 is 0 Å². The Morgan fingerprint density at radius 3 is 3.00 bits per heavy atom. The molecule has 2 rings (SSSR count). The largest absolute Gasteiger partial charge is 0.384 e. The summed E-state index contributed by atoms with van der Waals surface area (Å²) in [6.45, 7) is 0.392. The minimum atomic E-state index is -0.0266. The van der Waals surface area contributed by atoms with Gasteiger partial charge in [0.2, 0.25) is 5.91 Å². The van der Waals surface area contributed by atoms with Crippen LogP contribution >= 0.6 is 0 Å². The normalized spacial score (nSPS) is 10.2. The molecule has 0 saturated carbocycles. The lowest BCUT2D eigenvalue weighted by Gasteiger charge is -2.04. The van der Waals surface area contributed by atoms with E-state index >= 15 is 0 Å². The van der Waals surface area contributed by atoms with Gasteiger partial charge in [0, 0.05) is 30.4 Å². The molecule has 0 aliphatic carbocycles. The van der Waals surface area contributed by atoms with Crippen molar-refractivity contribution in [2.75, 3.05) is 5.73 Å². The van der Waals surface area contributed by atoms with E-state index in [9.17, 15) is 4.79 Å². The fraction of sp³-hybridized carbons (Fsp3) is 0.250. The van der Waals surface area contributed by atoms with Crippen molar-refractivity contribution in [3.8, 4) is 0 Å². The van der Waals surface area contributed by atoms with Crippen molar-refractivity contribution in [1.29, 1.82) is 0 Å². The second kappa shape index (κ2) is 5.81. The van der Waals surface area contributed by atoms with Gasteiger partial charge in [-0.1, -0.05) is 6.07 Å². The number of hydrogen-bond acceptors (Lipinski definition) is 4. The van der Waals surface area contributed by atoms with E-state index in [1.165, 1.54) is 0 Å². The molecule has 0 radical (unpaired) electrons. The van der Waals surface area contributed by atoms with Crippen LogP contribution in [0.3, 0.4) is 0 Å². The van der Waals surface area contributed by atoms with Crippen molar-refractivity contribution in [3.05, 3.63) is 41.9 Å². The standard InChI is InChI=1S/C12H15N5O/c13-12-9(8-16-17-12)7-15-11(18)5-4-10-3-1-2-6-14-10/h1-3,6,8H,4-5,7H2,(H,15,18)(H3,13,16,17). The summed E-state index contributed by atoms with van der Waals surface area (Å²) < 4.78 is 0. The molecule has 0 aliphatic rings. The molecular formula is C12H15N5O. The molecule has 0 bridgehead atoms. The highest BCUT2D eigenvalue weighted by Crippen LogP contribution is 2.05. The molecular weight excluding hydrogens is 230 g/mol. The zero-order valence-corrected chi connectivity index (χ0v) is 9.89. The van der Waals surface area contributed by atoms with Crippen LogP contribution in [-0.4, -0.2) is 21.1 Å². The Bertz CT molecular complexity index is 508. The number of nitrogen functional groups attached to an aromatic ring is 1. The first-order valence-electron chi connectivity index (χ1n) is 5.70. The first-order valence-corrected chi connectivity index (χ1v) is 5.70. The van der Waals surface area contributed by atoms with Crippen LogP contribution in [0.4, 0.5) is 5.82 Å². The van der Waals surface area contributed by atoms with Gasteiger partial charge in [0.25, 0.3) is 0 Å². The second-order valence-electron chi connectivity index (χ2n) is 3.91. The summed E-state index contributed by atoms with van der Waals surface area (Å²) in [5, 5.41) is 9.19. The first-order chi connectivity index (χ1) is 8.75. The average Bonchev–Trinajstić information content (AvgIpc) is 2.81. The number of pyridine rings is 1. The van der Waals surface area contributed by atoms with E-state index in [-0.39, 0.29) is 5.91 Å². The number of aromatic nitrogens is 3. The fourth-order valence-electron chi connectivity index (χ4n) is 1.53. The van der Waals surface area contributed by atoms with Gasteiger partial charge in [-0.25, -0.2) is 0 Å². The Labute approximate surface area is 105 Å². The van der Waals surface area contributed by atoms with Crippen molar-refractivity contribution < 1.29 is 4.79 Å². The van der Waals surface area contributed by atoms with Crippen LogP contribution in [0.2, 0.25) is 0 Å². The smallest absolute Gasteiger partial charge is 0.220 e. The summed E-state index contributed by atoms with van der Waals surface area (Å²) in [6.07, 6.45) is 4.37. The zero-order valence-electron chi connectivity index (χ0n) is 9.89. The monoisotopic (exact) mass is 245 g/mol. The van der Waals surface area contributed by atoms with E-state index < -0.39 is 0 Å². The Morgan fingerprint density at radius 1 is 1.44 bits per heavy atom. The molecule has 1 amide bonds. The average molecular weight is 245 g/mol. The number of nitrogens with zero attached hydrogens (tertiary/aromatic N) is 2. The third kappa shape index (κ3) is 3.31. The summed E-state index contributed by atoms with van der Waals surface area (Å²) >= 11 is 0. The van der Waals surface area contributed by atoms with Crippen molar-refractivity contribution >= 4 is 11.7 Å². The van der Waals surface area contributed by atoms with Crippen LogP contribution in [0.25, 0.3) is 0 Å². The molecule has 0 fully saturated rings. The lowest BCUT2D eigenvalue weighted by atomic mass is 10.2. The third-order valence-corrected chi connectivity index (χ3v) is 2.56. The second-order valence-corrected chi connectivity index (χ2v) is 3.91. The number of H-pyrrole nitrogens is 1. The van der Waals surface area contributed by atoms with E-state index in [0.29, 0.717) is 25.2 Å². The molecule has 6 nitrogen and oxygen atoms in total. The van der Waals surface area contributed by atoms with E-state index in [4.69, 9.17) is 5.73 Å². The number of amides is 1. The number of hydrogen-bond donors (Lipinski definition) is 3. The van der Waals surface area contributed by atoms with Crippen LogP contribution in [0.5, 0.6) is 0 Å². The van der Waals surface area contributed by atoms with Gasteiger partial charge in [-0.05, 0) is 18.6 Å². The maximum Gasteiger partial charge on any atom is 0.220 e. The maximum atomic E-state index is 11.6. The molecule has 0 spiro atoms. The molecule has 0 aliphatic heterocycles. The Kier molecular flexibility index (Phi) is 3.90. The molecule has 6 heteroatoms. The zero-order chi connectivity index (χ0) is 12.8. The number of rotatable bonds is 5. The van der Waals surface area contributed by atoms with Crippen LogP contribution < -0.4 is 11.1 Å². The summed E-state index contributed by atoms with van der Waals surface area (Å²) in [5.41, 5.74) is 7.32. The van der Waals surface area contributed by atoms with E-state index in [1.807, 2.05) is 18.2 Å². The highest BCUT2D eigenvalue weighted by Gasteiger charge is 2.05. The van der Waals surface area contributed by atoms with Crippen LogP contribution in [0.15, 0.2) is 30.6 Å². The minimum absolute atomic E-state index is 0.0266. The van der Waals surface area contributed by atoms with Crippen molar-refractivity contribution in [3.63, 3.8) is 0 Å².